The minimum atomic E-state index is 0. The Morgan fingerprint density at radius 1 is 1.38 bits per heavy atom. The molecule has 1 rings (SSSR count). The molecule has 5 nitrogen and oxygen atoms in total. The van der Waals surface area contributed by atoms with Gasteiger partial charge < -0.3 is 19.7 Å². The van der Waals surface area contributed by atoms with Gasteiger partial charge in [0.25, 0.3) is 0 Å². The van der Waals surface area contributed by atoms with Gasteiger partial charge in [0.1, 0.15) is 0 Å². The van der Waals surface area contributed by atoms with Crippen molar-refractivity contribution in [2.24, 2.45) is 10.9 Å². The first-order valence-electron chi connectivity index (χ1n) is 7.92. The van der Waals surface area contributed by atoms with E-state index >= 15 is 0 Å². The molecule has 0 aromatic carbocycles. The monoisotopic (exact) mass is 413 g/mol. The van der Waals surface area contributed by atoms with Crippen LogP contribution in [0.25, 0.3) is 0 Å². The lowest BCUT2D eigenvalue weighted by atomic mass is 10.1. The van der Waals surface area contributed by atoms with Crippen LogP contribution in [0.15, 0.2) is 4.99 Å². The Kier molecular flexibility index (Phi) is 13.5. The molecule has 6 heteroatoms. The molecule has 0 aromatic heterocycles. The Bertz CT molecular complexity index is 272. The van der Waals surface area contributed by atoms with Crippen molar-refractivity contribution in [2.75, 3.05) is 53.1 Å². The minimum Gasteiger partial charge on any atom is -0.382 e. The van der Waals surface area contributed by atoms with Crippen LogP contribution in [0.5, 0.6) is 0 Å². The van der Waals surface area contributed by atoms with Crippen molar-refractivity contribution in [3.8, 4) is 0 Å². The number of hydrogen-bond donors (Lipinski definition) is 1. The maximum absolute atomic E-state index is 5.43. The molecule has 1 fully saturated rings. The molecule has 1 aliphatic rings. The molecule has 0 aromatic rings. The molecule has 0 saturated carbocycles. The number of ether oxygens (including phenoxy) is 2. The number of aliphatic imine (C=N–C) groups is 1. The first-order valence-corrected chi connectivity index (χ1v) is 7.92. The maximum atomic E-state index is 5.43. The topological polar surface area (TPSA) is 46.1 Å². The fourth-order valence-electron chi connectivity index (χ4n) is 2.32. The summed E-state index contributed by atoms with van der Waals surface area (Å²) in [7, 11) is 2.11. The average molecular weight is 413 g/mol. The molecule has 1 N–H and O–H groups in total. The predicted molar refractivity (Wildman–Crippen MR) is 98.7 cm³/mol. The molecule has 1 unspecified atom stereocenters. The molecule has 1 heterocycles. The number of rotatable bonds is 9. The molecule has 0 bridgehead atoms. The van der Waals surface area contributed by atoms with Crippen molar-refractivity contribution in [3.63, 3.8) is 0 Å². The molecule has 0 radical (unpaired) electrons. The van der Waals surface area contributed by atoms with E-state index in [1.807, 2.05) is 6.92 Å². The van der Waals surface area contributed by atoms with Gasteiger partial charge in [-0.1, -0.05) is 0 Å². The average Bonchev–Trinajstić information content (AvgIpc) is 2.94. The summed E-state index contributed by atoms with van der Waals surface area (Å²) in [4.78, 5) is 6.92. The normalized spacial score (nSPS) is 18.4. The lowest BCUT2D eigenvalue weighted by Crippen LogP contribution is -2.41. The van der Waals surface area contributed by atoms with Crippen LogP contribution in [0.2, 0.25) is 0 Å². The van der Waals surface area contributed by atoms with E-state index in [4.69, 9.17) is 9.47 Å². The highest BCUT2D eigenvalue weighted by atomic mass is 127. The van der Waals surface area contributed by atoms with Gasteiger partial charge >= 0.3 is 0 Å². The van der Waals surface area contributed by atoms with E-state index in [0.29, 0.717) is 5.92 Å². The summed E-state index contributed by atoms with van der Waals surface area (Å²) in [6.45, 7) is 10.4. The van der Waals surface area contributed by atoms with Crippen LogP contribution >= 0.6 is 24.0 Å². The fourth-order valence-corrected chi connectivity index (χ4v) is 2.32. The van der Waals surface area contributed by atoms with Gasteiger partial charge in [-0.25, -0.2) is 0 Å². The maximum Gasteiger partial charge on any atom is 0.193 e. The van der Waals surface area contributed by atoms with Crippen molar-refractivity contribution >= 4 is 29.9 Å². The first kappa shape index (κ1) is 20.9. The van der Waals surface area contributed by atoms with Gasteiger partial charge in [0.05, 0.1) is 6.61 Å². The quantitative estimate of drug-likeness (QED) is 0.273. The number of halogens is 1. The van der Waals surface area contributed by atoms with E-state index in [0.717, 1.165) is 71.3 Å². The van der Waals surface area contributed by atoms with E-state index in [1.54, 1.807) is 0 Å². The number of nitrogens with zero attached hydrogens (tertiary/aromatic N) is 2. The van der Waals surface area contributed by atoms with E-state index in [2.05, 4.69) is 29.2 Å². The van der Waals surface area contributed by atoms with Crippen LogP contribution in [0.1, 0.15) is 33.1 Å². The highest BCUT2D eigenvalue weighted by Crippen LogP contribution is 2.13. The summed E-state index contributed by atoms with van der Waals surface area (Å²) in [5, 5.41) is 3.36. The summed E-state index contributed by atoms with van der Waals surface area (Å²) < 4.78 is 10.8. The summed E-state index contributed by atoms with van der Waals surface area (Å²) in [6, 6.07) is 0. The number of guanidine groups is 1. The third-order valence-corrected chi connectivity index (χ3v) is 3.41. The van der Waals surface area contributed by atoms with Crippen LogP contribution < -0.4 is 5.32 Å². The zero-order chi connectivity index (χ0) is 14.6. The van der Waals surface area contributed by atoms with Crippen molar-refractivity contribution < 1.29 is 9.47 Å². The minimum absolute atomic E-state index is 0. The third kappa shape index (κ3) is 9.52. The predicted octanol–water partition coefficient (Wildman–Crippen LogP) is 2.35. The lowest BCUT2D eigenvalue weighted by molar-refractivity contribution is 0.144. The number of hydrogen-bond acceptors (Lipinski definition) is 3. The number of unbranched alkanes of at least 4 members (excludes halogenated alkanes) is 1. The zero-order valence-electron chi connectivity index (χ0n) is 13.8. The molecule has 0 aliphatic carbocycles. The summed E-state index contributed by atoms with van der Waals surface area (Å²) in [6.07, 6.45) is 3.32. The second-order valence-corrected chi connectivity index (χ2v) is 5.25. The van der Waals surface area contributed by atoms with E-state index < -0.39 is 0 Å². The van der Waals surface area contributed by atoms with Crippen LogP contribution in [-0.4, -0.2) is 64.0 Å². The Morgan fingerprint density at radius 2 is 2.19 bits per heavy atom. The van der Waals surface area contributed by atoms with Gasteiger partial charge in [0, 0.05) is 52.4 Å². The SMILES string of the molecule is CCNC(=NCCCCOCC)N(C)CC1CCOC1.I. The van der Waals surface area contributed by atoms with Crippen molar-refractivity contribution in [2.45, 2.75) is 33.1 Å². The molecule has 21 heavy (non-hydrogen) atoms. The Balaban J connectivity index is 0.00000400. The summed E-state index contributed by atoms with van der Waals surface area (Å²) in [5.41, 5.74) is 0. The molecule has 1 saturated heterocycles. The van der Waals surface area contributed by atoms with Crippen LogP contribution in [0.3, 0.4) is 0 Å². The molecular formula is C15H32IN3O2. The molecule has 1 atom stereocenters. The van der Waals surface area contributed by atoms with Crippen molar-refractivity contribution in [1.29, 1.82) is 0 Å². The lowest BCUT2D eigenvalue weighted by Gasteiger charge is -2.24. The molecular weight excluding hydrogens is 381 g/mol. The van der Waals surface area contributed by atoms with Crippen LogP contribution in [-0.2, 0) is 9.47 Å². The Labute approximate surface area is 146 Å². The molecule has 126 valence electrons. The van der Waals surface area contributed by atoms with E-state index in [1.165, 1.54) is 0 Å². The second-order valence-electron chi connectivity index (χ2n) is 5.25. The number of nitrogens with one attached hydrogen (secondary N) is 1. The molecule has 0 spiro atoms. The first-order chi connectivity index (χ1) is 9.77. The van der Waals surface area contributed by atoms with Gasteiger partial charge in [-0.2, -0.15) is 0 Å². The smallest absolute Gasteiger partial charge is 0.193 e. The largest absolute Gasteiger partial charge is 0.382 e. The molecule has 1 aliphatic heterocycles. The van der Waals surface area contributed by atoms with Gasteiger partial charge in [-0.05, 0) is 33.1 Å². The highest BCUT2D eigenvalue weighted by Gasteiger charge is 2.18. The summed E-state index contributed by atoms with van der Waals surface area (Å²) in [5.74, 6) is 1.65. The van der Waals surface area contributed by atoms with Gasteiger partial charge in [0.2, 0.25) is 0 Å². The van der Waals surface area contributed by atoms with Gasteiger partial charge in [-0.15, -0.1) is 24.0 Å². The van der Waals surface area contributed by atoms with Crippen LogP contribution in [0, 0.1) is 5.92 Å². The zero-order valence-corrected chi connectivity index (χ0v) is 16.1. The highest BCUT2D eigenvalue weighted by molar-refractivity contribution is 14.0. The standard InChI is InChI=1S/C15H31N3O2.HI/c1-4-16-15(17-9-6-7-10-19-5-2)18(3)12-14-8-11-20-13-14;/h14H,4-13H2,1-3H3,(H,16,17);1H. The van der Waals surface area contributed by atoms with Crippen LogP contribution in [0.4, 0.5) is 0 Å². The van der Waals surface area contributed by atoms with E-state index in [9.17, 15) is 0 Å². The summed E-state index contributed by atoms with van der Waals surface area (Å²) >= 11 is 0. The van der Waals surface area contributed by atoms with Gasteiger partial charge in [0.15, 0.2) is 5.96 Å². The third-order valence-electron chi connectivity index (χ3n) is 3.41. The second kappa shape index (κ2) is 13.6. The van der Waals surface area contributed by atoms with Crippen molar-refractivity contribution in [1.82, 2.24) is 10.2 Å². The van der Waals surface area contributed by atoms with Gasteiger partial charge in [-0.3, -0.25) is 4.99 Å². The Hall–Kier alpha value is -0.0800. The molecule has 0 amide bonds. The Morgan fingerprint density at radius 3 is 2.81 bits per heavy atom. The fraction of sp³-hybridized carbons (Fsp3) is 0.933. The van der Waals surface area contributed by atoms with Crippen molar-refractivity contribution in [3.05, 3.63) is 0 Å². The van der Waals surface area contributed by atoms with E-state index in [-0.39, 0.29) is 24.0 Å².